The number of aliphatic hydroxyl groups is 1. The number of pyridine rings is 1. The first-order valence-corrected chi connectivity index (χ1v) is 8.39. The third-order valence-electron chi connectivity index (χ3n) is 5.08. The standard InChI is InChI=1S/C17H26N2O3/c1-18(12-5-3-2-4-6-12)10-15-17(22)16(21)9-14(11-20)19(15)13-7-8-13/h9,12-13,20,22H,2-8,10-11H2,1H3. The lowest BCUT2D eigenvalue weighted by Crippen LogP contribution is -2.34. The molecule has 0 bridgehead atoms. The first-order valence-electron chi connectivity index (χ1n) is 8.39. The number of hydrogen-bond donors (Lipinski definition) is 2. The average Bonchev–Trinajstić information content (AvgIpc) is 3.37. The molecule has 1 aromatic rings. The van der Waals surface area contributed by atoms with Gasteiger partial charge < -0.3 is 14.8 Å². The van der Waals surface area contributed by atoms with E-state index in [1.54, 1.807) is 0 Å². The van der Waals surface area contributed by atoms with Gasteiger partial charge in [-0.2, -0.15) is 0 Å². The minimum absolute atomic E-state index is 0.147. The third kappa shape index (κ3) is 3.06. The van der Waals surface area contributed by atoms with Crippen LogP contribution >= 0.6 is 0 Å². The Morgan fingerprint density at radius 2 is 1.91 bits per heavy atom. The molecular formula is C17H26N2O3. The first kappa shape index (κ1) is 15.6. The first-order chi connectivity index (χ1) is 10.6. The molecule has 2 N–H and O–H groups in total. The minimum atomic E-state index is -0.381. The van der Waals surface area contributed by atoms with Crippen molar-refractivity contribution in [2.24, 2.45) is 0 Å². The van der Waals surface area contributed by atoms with Crippen molar-refractivity contribution >= 4 is 0 Å². The zero-order valence-electron chi connectivity index (χ0n) is 13.3. The summed E-state index contributed by atoms with van der Waals surface area (Å²) >= 11 is 0. The number of nitrogens with zero attached hydrogens (tertiary/aromatic N) is 2. The zero-order chi connectivity index (χ0) is 15.7. The van der Waals surface area contributed by atoms with E-state index in [9.17, 15) is 15.0 Å². The summed E-state index contributed by atoms with van der Waals surface area (Å²) in [7, 11) is 2.07. The molecular weight excluding hydrogens is 280 g/mol. The lowest BCUT2D eigenvalue weighted by atomic mass is 9.94. The normalized spacial score (nSPS) is 19.8. The number of aromatic nitrogens is 1. The number of hydrogen-bond acceptors (Lipinski definition) is 4. The maximum Gasteiger partial charge on any atom is 0.223 e. The molecule has 5 nitrogen and oxygen atoms in total. The Morgan fingerprint density at radius 3 is 2.50 bits per heavy atom. The van der Waals surface area contributed by atoms with Crippen LogP contribution in [-0.4, -0.2) is 32.8 Å². The van der Waals surface area contributed by atoms with Gasteiger partial charge in [-0.15, -0.1) is 0 Å². The Kier molecular flexibility index (Phi) is 4.54. The summed E-state index contributed by atoms with van der Waals surface area (Å²) in [6, 6.07) is 2.22. The van der Waals surface area contributed by atoms with Crippen LogP contribution in [0.1, 0.15) is 62.4 Å². The molecule has 0 atom stereocenters. The van der Waals surface area contributed by atoms with Crippen molar-refractivity contribution in [3.63, 3.8) is 0 Å². The molecule has 2 aliphatic rings. The number of aliphatic hydroxyl groups excluding tert-OH is 1. The van der Waals surface area contributed by atoms with Crippen LogP contribution in [0.2, 0.25) is 0 Å². The summed E-state index contributed by atoms with van der Waals surface area (Å²) in [6.45, 7) is 0.405. The van der Waals surface area contributed by atoms with Gasteiger partial charge in [0.05, 0.1) is 12.3 Å². The van der Waals surface area contributed by atoms with Gasteiger partial charge in [-0.1, -0.05) is 19.3 Å². The Balaban J connectivity index is 1.91. The van der Waals surface area contributed by atoms with Gasteiger partial charge in [-0.3, -0.25) is 9.69 Å². The van der Waals surface area contributed by atoms with Gasteiger partial charge in [0.15, 0.2) is 5.75 Å². The van der Waals surface area contributed by atoms with Crippen LogP contribution < -0.4 is 5.43 Å². The molecule has 1 heterocycles. The molecule has 1 aromatic heterocycles. The lowest BCUT2D eigenvalue weighted by molar-refractivity contribution is 0.177. The van der Waals surface area contributed by atoms with E-state index in [0.29, 0.717) is 30.0 Å². The molecule has 0 unspecified atom stereocenters. The van der Waals surface area contributed by atoms with Crippen LogP contribution in [0.25, 0.3) is 0 Å². The molecule has 22 heavy (non-hydrogen) atoms. The topological polar surface area (TPSA) is 65.7 Å². The SMILES string of the molecule is CN(Cc1c(O)c(=O)cc(CO)n1C1CC1)C1CCCCC1. The summed E-state index contributed by atoms with van der Waals surface area (Å²) < 4.78 is 2.00. The maximum atomic E-state index is 12.0. The lowest BCUT2D eigenvalue weighted by Gasteiger charge is -2.32. The molecule has 2 saturated carbocycles. The second-order valence-corrected chi connectivity index (χ2v) is 6.76. The second-order valence-electron chi connectivity index (χ2n) is 6.76. The van der Waals surface area contributed by atoms with Crippen molar-refractivity contribution in [3.05, 3.63) is 27.7 Å². The molecule has 2 aliphatic carbocycles. The van der Waals surface area contributed by atoms with Crippen LogP contribution in [0.15, 0.2) is 10.9 Å². The molecule has 0 aliphatic heterocycles. The largest absolute Gasteiger partial charge is 0.503 e. The van der Waals surface area contributed by atoms with Gasteiger partial charge in [-0.25, -0.2) is 0 Å². The van der Waals surface area contributed by atoms with E-state index in [1.165, 1.54) is 38.2 Å². The van der Waals surface area contributed by atoms with Crippen molar-refractivity contribution < 1.29 is 10.2 Å². The monoisotopic (exact) mass is 306 g/mol. The van der Waals surface area contributed by atoms with Crippen LogP contribution in [0.3, 0.4) is 0 Å². The average molecular weight is 306 g/mol. The molecule has 0 spiro atoms. The van der Waals surface area contributed by atoms with E-state index in [0.717, 1.165) is 12.8 Å². The fourth-order valence-corrected chi connectivity index (χ4v) is 3.67. The summed E-state index contributed by atoms with van der Waals surface area (Å²) in [5.41, 5.74) is 0.914. The van der Waals surface area contributed by atoms with Gasteiger partial charge in [0.1, 0.15) is 0 Å². The Hall–Kier alpha value is -1.33. The highest BCUT2D eigenvalue weighted by molar-refractivity contribution is 5.31. The Bertz CT molecular complexity index is 586. The second kappa shape index (κ2) is 6.42. The van der Waals surface area contributed by atoms with Crippen LogP contribution in [0.5, 0.6) is 5.75 Å². The maximum absolute atomic E-state index is 12.0. The van der Waals surface area contributed by atoms with Crippen LogP contribution in [-0.2, 0) is 13.2 Å². The van der Waals surface area contributed by atoms with Crippen LogP contribution in [0, 0.1) is 0 Å². The molecule has 0 radical (unpaired) electrons. The van der Waals surface area contributed by atoms with Gasteiger partial charge >= 0.3 is 0 Å². The summed E-state index contributed by atoms with van der Waals surface area (Å²) in [5.74, 6) is -0.147. The smallest absolute Gasteiger partial charge is 0.223 e. The van der Waals surface area contributed by atoms with Gasteiger partial charge in [0.2, 0.25) is 5.43 Å². The number of rotatable bonds is 5. The molecule has 5 heteroatoms. The van der Waals surface area contributed by atoms with Crippen molar-refractivity contribution in [2.75, 3.05) is 7.05 Å². The summed E-state index contributed by atoms with van der Waals surface area (Å²) in [6.07, 6.45) is 8.29. The zero-order valence-corrected chi connectivity index (χ0v) is 13.3. The predicted octanol–water partition coefficient (Wildman–Crippen LogP) is 2.15. The third-order valence-corrected chi connectivity index (χ3v) is 5.08. The van der Waals surface area contributed by atoms with Crippen molar-refractivity contribution in [1.29, 1.82) is 0 Å². The molecule has 122 valence electrons. The Morgan fingerprint density at radius 1 is 1.23 bits per heavy atom. The van der Waals surface area contributed by atoms with E-state index in [2.05, 4.69) is 11.9 Å². The Labute approximate surface area is 131 Å². The van der Waals surface area contributed by atoms with Crippen molar-refractivity contribution in [3.8, 4) is 5.75 Å². The fraction of sp³-hybridized carbons (Fsp3) is 0.706. The molecule has 0 amide bonds. The predicted molar refractivity (Wildman–Crippen MR) is 84.9 cm³/mol. The van der Waals surface area contributed by atoms with E-state index >= 15 is 0 Å². The molecule has 0 saturated heterocycles. The number of aromatic hydroxyl groups is 1. The van der Waals surface area contributed by atoms with Gasteiger partial charge in [-0.05, 0) is 32.7 Å². The van der Waals surface area contributed by atoms with Gasteiger partial charge in [0.25, 0.3) is 0 Å². The van der Waals surface area contributed by atoms with Crippen molar-refractivity contribution in [1.82, 2.24) is 9.47 Å². The molecule has 2 fully saturated rings. The van der Waals surface area contributed by atoms with Gasteiger partial charge in [0, 0.05) is 30.4 Å². The van der Waals surface area contributed by atoms with Crippen molar-refractivity contribution in [2.45, 2.75) is 70.2 Å². The van der Waals surface area contributed by atoms with E-state index in [-0.39, 0.29) is 17.8 Å². The minimum Gasteiger partial charge on any atom is -0.503 e. The quantitative estimate of drug-likeness (QED) is 0.875. The fourth-order valence-electron chi connectivity index (χ4n) is 3.67. The van der Waals surface area contributed by atoms with Crippen LogP contribution in [0.4, 0.5) is 0 Å². The highest BCUT2D eigenvalue weighted by atomic mass is 16.3. The van der Waals surface area contributed by atoms with E-state index < -0.39 is 0 Å². The van der Waals surface area contributed by atoms with E-state index in [4.69, 9.17) is 0 Å². The summed E-state index contributed by atoms with van der Waals surface area (Å²) in [5, 5.41) is 19.8. The highest BCUT2D eigenvalue weighted by Crippen LogP contribution is 2.38. The molecule has 0 aromatic carbocycles. The summed E-state index contributed by atoms with van der Waals surface area (Å²) in [4.78, 5) is 14.2. The highest BCUT2D eigenvalue weighted by Gasteiger charge is 2.30. The molecule has 3 rings (SSSR count). The van der Waals surface area contributed by atoms with E-state index in [1.807, 2.05) is 4.57 Å².